The number of carbonyl (C=O) groups excluding carboxylic acids is 2. The van der Waals surface area contributed by atoms with Gasteiger partial charge in [-0.05, 0) is 25.0 Å². The maximum absolute atomic E-state index is 13.0. The monoisotopic (exact) mass is 362 g/mol. The van der Waals surface area contributed by atoms with Gasteiger partial charge in [0.1, 0.15) is 0 Å². The lowest BCUT2D eigenvalue weighted by molar-refractivity contribution is -0.142. The molecule has 1 fully saturated rings. The third kappa shape index (κ3) is 4.29. The Labute approximate surface area is 156 Å². The normalized spacial score (nSPS) is 17.6. The van der Waals surface area contributed by atoms with Gasteiger partial charge in [-0.15, -0.1) is 0 Å². The van der Waals surface area contributed by atoms with Gasteiger partial charge in [0.05, 0.1) is 20.1 Å². The molecule has 1 aromatic carbocycles. The molecule has 1 aliphatic rings. The second kappa shape index (κ2) is 7.98. The van der Waals surface area contributed by atoms with Crippen LogP contribution in [0.1, 0.15) is 33.6 Å². The molecule has 0 bridgehead atoms. The molecule has 2 amide bonds. The van der Waals surface area contributed by atoms with Gasteiger partial charge in [0, 0.05) is 37.3 Å². The third-order valence-electron chi connectivity index (χ3n) is 4.78. The highest BCUT2D eigenvalue weighted by molar-refractivity contribution is 5.95. The summed E-state index contributed by atoms with van der Waals surface area (Å²) >= 11 is 0. The number of hydrogen-bond donors (Lipinski definition) is 0. The van der Waals surface area contributed by atoms with Crippen LogP contribution in [-0.4, -0.2) is 51.1 Å². The van der Waals surface area contributed by atoms with Crippen LogP contribution in [0.2, 0.25) is 0 Å². The van der Waals surface area contributed by atoms with Gasteiger partial charge in [0.25, 0.3) is 0 Å². The number of amides is 2. The fourth-order valence-corrected chi connectivity index (χ4v) is 3.27. The van der Waals surface area contributed by atoms with Gasteiger partial charge in [0.15, 0.2) is 11.5 Å². The van der Waals surface area contributed by atoms with E-state index in [2.05, 4.69) is 0 Å². The molecular weight excluding hydrogens is 332 g/mol. The van der Waals surface area contributed by atoms with Crippen LogP contribution < -0.4 is 14.4 Å². The molecule has 0 radical (unpaired) electrons. The molecule has 26 heavy (non-hydrogen) atoms. The number of benzene rings is 1. The quantitative estimate of drug-likeness (QED) is 0.826. The van der Waals surface area contributed by atoms with Crippen molar-refractivity contribution in [2.75, 3.05) is 39.3 Å². The number of hydrogen-bond acceptors (Lipinski definition) is 4. The Morgan fingerprint density at radius 3 is 2.38 bits per heavy atom. The van der Waals surface area contributed by atoms with E-state index in [1.165, 1.54) is 0 Å². The fraction of sp³-hybridized carbons (Fsp3) is 0.600. The van der Waals surface area contributed by atoms with Crippen LogP contribution in [0, 0.1) is 11.3 Å². The van der Waals surface area contributed by atoms with E-state index in [1.807, 2.05) is 31.7 Å². The van der Waals surface area contributed by atoms with Crippen molar-refractivity contribution in [2.24, 2.45) is 11.3 Å². The minimum absolute atomic E-state index is 0.0172. The standard InChI is InChI=1S/C20H30N2O4/c1-20(2,3)19(24)22-11-7-8-14(13-22)18(23)21(4)15-9-10-16(25-5)17(12-15)26-6/h9-10,12,14H,7-8,11,13H2,1-6H3/t14-/m0/s1. The average molecular weight is 362 g/mol. The van der Waals surface area contributed by atoms with E-state index in [4.69, 9.17) is 9.47 Å². The van der Waals surface area contributed by atoms with Crippen molar-refractivity contribution in [2.45, 2.75) is 33.6 Å². The van der Waals surface area contributed by atoms with E-state index in [0.29, 0.717) is 18.0 Å². The summed E-state index contributed by atoms with van der Waals surface area (Å²) in [5.41, 5.74) is 0.312. The predicted molar refractivity (Wildman–Crippen MR) is 102 cm³/mol. The summed E-state index contributed by atoms with van der Waals surface area (Å²) in [6.45, 7) is 6.94. The highest BCUT2D eigenvalue weighted by Gasteiger charge is 2.34. The van der Waals surface area contributed by atoms with Gasteiger partial charge < -0.3 is 19.3 Å². The largest absolute Gasteiger partial charge is 0.493 e. The number of ether oxygens (including phenoxy) is 2. The van der Waals surface area contributed by atoms with Crippen LogP contribution in [0.5, 0.6) is 11.5 Å². The Morgan fingerprint density at radius 2 is 1.81 bits per heavy atom. The van der Waals surface area contributed by atoms with Gasteiger partial charge in [-0.25, -0.2) is 0 Å². The lowest BCUT2D eigenvalue weighted by Gasteiger charge is -2.37. The van der Waals surface area contributed by atoms with Gasteiger partial charge in [-0.2, -0.15) is 0 Å². The van der Waals surface area contributed by atoms with Crippen molar-refractivity contribution < 1.29 is 19.1 Å². The predicted octanol–water partition coefficient (Wildman–Crippen LogP) is 2.95. The Bertz CT molecular complexity index is 666. The van der Waals surface area contributed by atoms with Crippen molar-refractivity contribution in [3.05, 3.63) is 18.2 Å². The molecule has 0 saturated carbocycles. The summed E-state index contributed by atoms with van der Waals surface area (Å²) < 4.78 is 10.6. The molecule has 1 atom stereocenters. The molecular formula is C20H30N2O4. The minimum atomic E-state index is -0.430. The first kappa shape index (κ1) is 20.1. The molecule has 0 unspecified atom stereocenters. The maximum Gasteiger partial charge on any atom is 0.231 e. The molecule has 1 aliphatic heterocycles. The van der Waals surface area contributed by atoms with E-state index >= 15 is 0 Å². The zero-order chi connectivity index (χ0) is 19.5. The zero-order valence-electron chi connectivity index (χ0n) is 16.7. The average Bonchev–Trinajstić information content (AvgIpc) is 2.64. The highest BCUT2D eigenvalue weighted by atomic mass is 16.5. The molecule has 1 aromatic rings. The van der Waals surface area contributed by atoms with Crippen molar-refractivity contribution in [1.29, 1.82) is 0 Å². The number of rotatable bonds is 4. The van der Waals surface area contributed by atoms with Crippen LogP contribution in [0.25, 0.3) is 0 Å². The Hall–Kier alpha value is -2.24. The lowest BCUT2D eigenvalue weighted by atomic mass is 9.90. The highest BCUT2D eigenvalue weighted by Crippen LogP contribution is 2.32. The van der Waals surface area contributed by atoms with Gasteiger partial charge in [-0.1, -0.05) is 20.8 Å². The minimum Gasteiger partial charge on any atom is -0.493 e. The van der Waals surface area contributed by atoms with Gasteiger partial charge >= 0.3 is 0 Å². The molecule has 144 valence electrons. The van der Waals surface area contributed by atoms with E-state index in [-0.39, 0.29) is 17.7 Å². The van der Waals surface area contributed by atoms with Crippen molar-refractivity contribution >= 4 is 17.5 Å². The van der Waals surface area contributed by atoms with Gasteiger partial charge in [0.2, 0.25) is 11.8 Å². The fourth-order valence-electron chi connectivity index (χ4n) is 3.27. The Kier molecular flexibility index (Phi) is 6.16. The van der Waals surface area contributed by atoms with Crippen molar-refractivity contribution in [1.82, 2.24) is 4.90 Å². The Morgan fingerprint density at radius 1 is 1.15 bits per heavy atom. The maximum atomic E-state index is 13.0. The van der Waals surface area contributed by atoms with E-state index in [0.717, 1.165) is 25.1 Å². The first-order valence-corrected chi connectivity index (χ1v) is 8.98. The summed E-state index contributed by atoms with van der Waals surface area (Å²) in [5, 5.41) is 0. The molecule has 0 spiro atoms. The molecule has 0 aliphatic carbocycles. The molecule has 0 aromatic heterocycles. The second-order valence-electron chi connectivity index (χ2n) is 7.78. The first-order chi connectivity index (χ1) is 12.2. The summed E-state index contributed by atoms with van der Waals surface area (Å²) in [6, 6.07) is 5.41. The zero-order valence-corrected chi connectivity index (χ0v) is 16.7. The van der Waals surface area contributed by atoms with E-state index in [9.17, 15) is 9.59 Å². The smallest absolute Gasteiger partial charge is 0.231 e. The molecule has 6 nitrogen and oxygen atoms in total. The lowest BCUT2D eigenvalue weighted by Crippen LogP contribution is -2.49. The molecule has 1 saturated heterocycles. The number of anilines is 1. The van der Waals surface area contributed by atoms with Crippen LogP contribution in [0.3, 0.4) is 0 Å². The van der Waals surface area contributed by atoms with Crippen LogP contribution >= 0.6 is 0 Å². The molecule has 0 N–H and O–H groups in total. The van der Waals surface area contributed by atoms with Crippen LogP contribution in [0.15, 0.2) is 18.2 Å². The number of likely N-dealkylation sites (tertiary alicyclic amines) is 1. The number of piperidine rings is 1. The summed E-state index contributed by atoms with van der Waals surface area (Å²) in [4.78, 5) is 29.0. The summed E-state index contributed by atoms with van der Waals surface area (Å²) in [7, 11) is 4.91. The van der Waals surface area contributed by atoms with Crippen LogP contribution in [0.4, 0.5) is 5.69 Å². The van der Waals surface area contributed by atoms with Crippen LogP contribution in [-0.2, 0) is 9.59 Å². The van der Waals surface area contributed by atoms with E-state index < -0.39 is 5.41 Å². The molecule has 2 rings (SSSR count). The second-order valence-corrected chi connectivity index (χ2v) is 7.78. The van der Waals surface area contributed by atoms with Gasteiger partial charge in [-0.3, -0.25) is 9.59 Å². The number of methoxy groups -OCH3 is 2. The third-order valence-corrected chi connectivity index (χ3v) is 4.78. The van der Waals surface area contributed by atoms with Crippen molar-refractivity contribution in [3.8, 4) is 11.5 Å². The molecule has 6 heteroatoms. The number of nitrogens with zero attached hydrogens (tertiary/aromatic N) is 2. The SMILES string of the molecule is COc1ccc(N(C)C(=O)[C@H]2CCCN(C(=O)C(C)(C)C)C2)cc1OC. The van der Waals surface area contributed by atoms with E-state index in [1.54, 1.807) is 38.3 Å². The molecule has 1 heterocycles. The first-order valence-electron chi connectivity index (χ1n) is 8.98. The van der Waals surface area contributed by atoms with Crippen molar-refractivity contribution in [3.63, 3.8) is 0 Å². The number of carbonyl (C=O) groups is 2. The summed E-state index contributed by atoms with van der Waals surface area (Å²) in [6.07, 6.45) is 1.64. The Balaban J connectivity index is 2.13. The summed E-state index contributed by atoms with van der Waals surface area (Å²) in [5.74, 6) is 1.13. The topological polar surface area (TPSA) is 59.1 Å².